The maximum absolute atomic E-state index is 13.4. The van der Waals surface area contributed by atoms with Crippen LogP contribution in [-0.4, -0.2) is 17.6 Å². The molecule has 1 heterocycles. The highest BCUT2D eigenvalue weighted by molar-refractivity contribution is 6.44. The second-order valence-corrected chi connectivity index (χ2v) is 8.43. The van der Waals surface area contributed by atoms with E-state index in [1.165, 1.54) is 0 Å². The molecule has 1 aliphatic rings. The molecule has 0 saturated carbocycles. The predicted octanol–water partition coefficient (Wildman–Crippen LogP) is 5.60. The van der Waals surface area contributed by atoms with E-state index in [0.29, 0.717) is 16.8 Å². The molecule has 142 valence electrons. The lowest BCUT2D eigenvalue weighted by atomic mass is 9.90. The Morgan fingerprint density at radius 2 is 1.61 bits per heavy atom. The Labute approximate surface area is 168 Å². The van der Waals surface area contributed by atoms with E-state index in [-0.39, 0.29) is 0 Å². The van der Waals surface area contributed by atoms with Crippen LogP contribution in [0.1, 0.15) is 31.9 Å². The van der Waals surface area contributed by atoms with Crippen molar-refractivity contribution in [1.29, 1.82) is 0 Å². The monoisotopic (exact) mass is 393 g/mol. The summed E-state index contributed by atoms with van der Waals surface area (Å²) < 4.78 is 5.46. The number of carbonyl (C=O) groups is 2. The number of fused-ring (bicyclic) bond motifs is 2. The van der Waals surface area contributed by atoms with Gasteiger partial charge in [0, 0.05) is 5.56 Å². The molecule has 5 heteroatoms. The fourth-order valence-corrected chi connectivity index (χ4v) is 3.87. The molecule has 0 aliphatic carbocycles. The standard InChI is InChI=1S/C23H20ClNO3/c1-22(2,3)28-21(27)25-19-11-7-6-10-18(19)23(24,20(25)26)17-13-12-15-8-4-5-9-16(15)14-17/h4-14H,1-3H3/t23-/m0/s1. The number of benzene rings is 3. The van der Waals surface area contributed by atoms with Gasteiger partial charge >= 0.3 is 6.09 Å². The van der Waals surface area contributed by atoms with Gasteiger partial charge in [-0.3, -0.25) is 4.79 Å². The first kappa shape index (κ1) is 18.5. The number of imide groups is 1. The number of hydrogen-bond donors (Lipinski definition) is 0. The molecule has 1 aliphatic heterocycles. The van der Waals surface area contributed by atoms with E-state index in [1.54, 1.807) is 39.0 Å². The number of halogens is 1. The van der Waals surface area contributed by atoms with Crippen LogP contribution >= 0.6 is 11.6 Å². The summed E-state index contributed by atoms with van der Waals surface area (Å²) in [7, 11) is 0. The second-order valence-electron chi connectivity index (χ2n) is 7.86. The molecule has 0 unspecified atom stereocenters. The minimum atomic E-state index is -1.49. The molecule has 0 spiro atoms. The molecule has 4 nitrogen and oxygen atoms in total. The fraction of sp³-hybridized carbons (Fsp3) is 0.217. The number of alkyl halides is 1. The van der Waals surface area contributed by atoms with Crippen LogP contribution in [0.15, 0.2) is 66.7 Å². The van der Waals surface area contributed by atoms with Crippen LogP contribution < -0.4 is 4.90 Å². The summed E-state index contributed by atoms with van der Waals surface area (Å²) >= 11 is 6.99. The van der Waals surface area contributed by atoms with Crippen LogP contribution in [0, 0.1) is 0 Å². The number of para-hydroxylation sites is 1. The van der Waals surface area contributed by atoms with Crippen molar-refractivity contribution in [2.24, 2.45) is 0 Å². The zero-order valence-corrected chi connectivity index (χ0v) is 16.7. The van der Waals surface area contributed by atoms with Crippen molar-refractivity contribution in [3.05, 3.63) is 77.9 Å². The summed E-state index contributed by atoms with van der Waals surface area (Å²) in [5.74, 6) is -0.528. The Morgan fingerprint density at radius 1 is 0.964 bits per heavy atom. The van der Waals surface area contributed by atoms with Crippen molar-refractivity contribution in [2.45, 2.75) is 31.2 Å². The third kappa shape index (κ3) is 2.85. The number of amides is 2. The predicted molar refractivity (Wildman–Crippen MR) is 111 cm³/mol. The van der Waals surface area contributed by atoms with Gasteiger partial charge in [-0.2, -0.15) is 0 Å². The van der Waals surface area contributed by atoms with Crippen molar-refractivity contribution in [1.82, 2.24) is 0 Å². The van der Waals surface area contributed by atoms with Crippen LogP contribution in [0.2, 0.25) is 0 Å². The number of carbonyl (C=O) groups excluding carboxylic acids is 2. The number of hydrogen-bond acceptors (Lipinski definition) is 3. The number of rotatable bonds is 1. The number of anilines is 1. The third-order valence-corrected chi connectivity index (χ3v) is 5.32. The molecule has 2 amide bonds. The summed E-state index contributed by atoms with van der Waals surface area (Å²) in [5.41, 5.74) is 0.913. The van der Waals surface area contributed by atoms with Crippen LogP contribution in [-0.2, 0) is 14.4 Å². The van der Waals surface area contributed by atoms with Gasteiger partial charge in [-0.05, 0) is 49.2 Å². The second kappa shape index (κ2) is 6.35. The average molecular weight is 394 g/mol. The zero-order valence-electron chi connectivity index (χ0n) is 15.9. The maximum atomic E-state index is 13.4. The Hall–Kier alpha value is -2.85. The van der Waals surface area contributed by atoms with Gasteiger partial charge in [0.2, 0.25) is 0 Å². The molecule has 0 radical (unpaired) electrons. The van der Waals surface area contributed by atoms with Crippen molar-refractivity contribution in [2.75, 3.05) is 4.90 Å². The number of nitrogens with zero attached hydrogens (tertiary/aromatic N) is 1. The van der Waals surface area contributed by atoms with E-state index in [2.05, 4.69) is 0 Å². The van der Waals surface area contributed by atoms with Crippen molar-refractivity contribution in [3.8, 4) is 0 Å². The Balaban J connectivity index is 1.87. The van der Waals surface area contributed by atoms with Crippen molar-refractivity contribution in [3.63, 3.8) is 0 Å². The van der Waals surface area contributed by atoms with E-state index in [9.17, 15) is 9.59 Å². The van der Waals surface area contributed by atoms with Gasteiger partial charge in [0.05, 0.1) is 5.69 Å². The smallest absolute Gasteiger partial charge is 0.421 e. The normalized spacial score (nSPS) is 19.0. The summed E-state index contributed by atoms with van der Waals surface area (Å²) in [4.78, 5) is 25.8. The molecule has 28 heavy (non-hydrogen) atoms. The molecular weight excluding hydrogens is 374 g/mol. The Bertz CT molecular complexity index is 1100. The zero-order chi connectivity index (χ0) is 20.1. The fourth-order valence-electron chi connectivity index (χ4n) is 3.51. The van der Waals surface area contributed by atoms with Gasteiger partial charge in [-0.1, -0.05) is 66.2 Å². The lowest BCUT2D eigenvalue weighted by Crippen LogP contribution is -2.43. The van der Waals surface area contributed by atoms with Gasteiger partial charge in [0.25, 0.3) is 5.91 Å². The summed E-state index contributed by atoms with van der Waals surface area (Å²) in [5, 5.41) is 2.02. The highest BCUT2D eigenvalue weighted by Gasteiger charge is 2.54. The molecular formula is C23H20ClNO3. The molecule has 3 aromatic rings. The van der Waals surface area contributed by atoms with Crippen LogP contribution in [0.4, 0.5) is 10.5 Å². The third-order valence-electron chi connectivity index (χ3n) is 4.74. The van der Waals surface area contributed by atoms with Gasteiger partial charge in [-0.15, -0.1) is 0 Å². The van der Waals surface area contributed by atoms with Gasteiger partial charge in [0.1, 0.15) is 5.60 Å². The molecule has 3 aromatic carbocycles. The first-order chi connectivity index (χ1) is 13.2. The van der Waals surface area contributed by atoms with Gasteiger partial charge in [0.15, 0.2) is 4.87 Å². The van der Waals surface area contributed by atoms with Crippen molar-refractivity contribution >= 4 is 40.1 Å². The van der Waals surface area contributed by atoms with Gasteiger partial charge < -0.3 is 4.74 Å². The molecule has 1 atom stereocenters. The van der Waals surface area contributed by atoms with E-state index in [1.807, 2.05) is 48.5 Å². The average Bonchev–Trinajstić information content (AvgIpc) is 2.89. The lowest BCUT2D eigenvalue weighted by Gasteiger charge is -2.25. The summed E-state index contributed by atoms with van der Waals surface area (Å²) in [6, 6.07) is 20.6. The first-order valence-electron chi connectivity index (χ1n) is 9.07. The van der Waals surface area contributed by atoms with Gasteiger partial charge in [-0.25, -0.2) is 9.69 Å². The van der Waals surface area contributed by atoms with Crippen LogP contribution in [0.3, 0.4) is 0 Å². The minimum Gasteiger partial charge on any atom is -0.443 e. The lowest BCUT2D eigenvalue weighted by molar-refractivity contribution is -0.119. The van der Waals surface area contributed by atoms with E-state index in [0.717, 1.165) is 15.7 Å². The van der Waals surface area contributed by atoms with E-state index < -0.39 is 22.5 Å². The highest BCUT2D eigenvalue weighted by atomic mass is 35.5. The van der Waals surface area contributed by atoms with E-state index >= 15 is 0 Å². The first-order valence-corrected chi connectivity index (χ1v) is 9.45. The Morgan fingerprint density at radius 3 is 2.32 bits per heavy atom. The molecule has 4 rings (SSSR count). The summed E-state index contributed by atoms with van der Waals surface area (Å²) in [6.45, 7) is 5.28. The molecule has 0 saturated heterocycles. The molecule has 0 fully saturated rings. The minimum absolute atomic E-state index is 0.449. The molecule has 0 aromatic heterocycles. The maximum Gasteiger partial charge on any atom is 0.421 e. The van der Waals surface area contributed by atoms with Crippen molar-refractivity contribution < 1.29 is 14.3 Å². The van der Waals surface area contributed by atoms with Crippen LogP contribution in [0.5, 0.6) is 0 Å². The summed E-state index contributed by atoms with van der Waals surface area (Å²) in [6.07, 6.45) is -0.728. The molecule has 0 N–H and O–H groups in total. The quantitative estimate of drug-likeness (QED) is 0.505. The van der Waals surface area contributed by atoms with E-state index in [4.69, 9.17) is 16.3 Å². The SMILES string of the molecule is CC(C)(C)OC(=O)N1C(=O)[C@](Cl)(c2ccc3ccccc3c2)c2ccccc21. The van der Waals surface area contributed by atoms with Crippen LogP contribution in [0.25, 0.3) is 10.8 Å². The highest BCUT2D eigenvalue weighted by Crippen LogP contribution is 2.49. The topological polar surface area (TPSA) is 46.6 Å². The Kier molecular flexibility index (Phi) is 4.20. The largest absolute Gasteiger partial charge is 0.443 e. The molecule has 0 bridgehead atoms. The number of ether oxygens (including phenoxy) is 1.